The zero-order chi connectivity index (χ0) is 14.5. The Morgan fingerprint density at radius 2 is 0.950 bits per heavy atom. The van der Waals surface area contributed by atoms with Gasteiger partial charge in [-0.05, 0) is 11.1 Å². The van der Waals surface area contributed by atoms with Gasteiger partial charge in [0.2, 0.25) is 0 Å². The number of nitrogens with two attached hydrogens (primary N) is 2. The van der Waals surface area contributed by atoms with Gasteiger partial charge in [0.15, 0.2) is 0 Å². The third-order valence-corrected chi connectivity index (χ3v) is 2.91. The van der Waals surface area contributed by atoms with Crippen LogP contribution in [0.25, 0.3) is 12.2 Å². The molecule has 0 spiro atoms. The summed E-state index contributed by atoms with van der Waals surface area (Å²) in [4.78, 5) is 0. The lowest BCUT2D eigenvalue weighted by Crippen LogP contribution is -2.10. The van der Waals surface area contributed by atoms with Crippen LogP contribution < -0.4 is 11.5 Å². The molecule has 0 fully saturated rings. The van der Waals surface area contributed by atoms with Crippen LogP contribution in [0, 0.1) is 10.8 Å². The van der Waals surface area contributed by atoms with Crippen molar-refractivity contribution in [3.63, 3.8) is 0 Å². The third kappa shape index (κ3) is 3.32. The summed E-state index contributed by atoms with van der Waals surface area (Å²) in [6.07, 6.45) is 3.96. The van der Waals surface area contributed by atoms with Crippen molar-refractivity contribution < 1.29 is 0 Å². The van der Waals surface area contributed by atoms with Gasteiger partial charge < -0.3 is 11.5 Å². The fraction of sp³-hybridized carbons (Fsp3) is 0. The van der Waals surface area contributed by atoms with Gasteiger partial charge in [-0.2, -0.15) is 0 Å². The highest BCUT2D eigenvalue weighted by molar-refractivity contribution is 5.95. The zero-order valence-electron chi connectivity index (χ0n) is 10.9. The first-order chi connectivity index (χ1) is 9.56. The van der Waals surface area contributed by atoms with Gasteiger partial charge in [0.1, 0.15) is 11.7 Å². The maximum absolute atomic E-state index is 7.33. The number of rotatable bonds is 4. The Bertz CT molecular complexity index is 592. The van der Waals surface area contributed by atoms with Crippen LogP contribution in [0.3, 0.4) is 0 Å². The van der Waals surface area contributed by atoms with Crippen LogP contribution in [0.5, 0.6) is 0 Å². The lowest BCUT2D eigenvalue weighted by Gasteiger charge is -2.00. The summed E-state index contributed by atoms with van der Waals surface area (Å²) in [6, 6.07) is 14.9. The smallest absolute Gasteiger partial charge is 0.122 e. The van der Waals surface area contributed by atoms with Crippen LogP contribution in [-0.4, -0.2) is 11.7 Å². The highest BCUT2D eigenvalue weighted by Crippen LogP contribution is 2.10. The second-order valence-electron chi connectivity index (χ2n) is 4.40. The number of hydrogen-bond donors (Lipinski definition) is 4. The number of benzene rings is 2. The molecule has 4 heteroatoms. The standard InChI is InChI=1S/C16H16N4/c17-15(18)13-7-3-11(4-8-13)1-2-12-5-9-14(10-6-12)16(19)20/h1-10H,(H3,17,18)(H3,19,20)/b2-1-/i1+1,2+1. The lowest BCUT2D eigenvalue weighted by atomic mass is 10.2. The molecule has 0 aromatic heterocycles. The molecule has 20 heavy (non-hydrogen) atoms. The molecule has 0 aliphatic carbocycles. The lowest BCUT2D eigenvalue weighted by molar-refractivity contribution is 1.42. The van der Waals surface area contributed by atoms with E-state index in [0.717, 1.165) is 11.1 Å². The van der Waals surface area contributed by atoms with Crippen molar-refractivity contribution in [2.24, 2.45) is 11.5 Å². The maximum atomic E-state index is 7.33. The van der Waals surface area contributed by atoms with E-state index in [1.165, 1.54) is 0 Å². The summed E-state index contributed by atoms with van der Waals surface area (Å²) < 4.78 is 0. The second kappa shape index (κ2) is 5.84. The number of nitrogens with one attached hydrogen (secondary N) is 2. The van der Waals surface area contributed by atoms with Crippen LogP contribution in [-0.2, 0) is 0 Å². The molecule has 6 N–H and O–H groups in total. The van der Waals surface area contributed by atoms with Crippen LogP contribution >= 0.6 is 0 Å². The van der Waals surface area contributed by atoms with Gasteiger partial charge in [-0.3, -0.25) is 10.8 Å². The summed E-state index contributed by atoms with van der Waals surface area (Å²) >= 11 is 0. The Labute approximate surface area is 117 Å². The fourth-order valence-electron chi connectivity index (χ4n) is 1.74. The Morgan fingerprint density at radius 3 is 1.20 bits per heavy atom. The summed E-state index contributed by atoms with van der Waals surface area (Å²) in [6.45, 7) is 0. The third-order valence-electron chi connectivity index (χ3n) is 2.91. The van der Waals surface area contributed by atoms with E-state index in [0.29, 0.717) is 11.1 Å². The topological polar surface area (TPSA) is 99.7 Å². The minimum absolute atomic E-state index is 0.0698. The Morgan fingerprint density at radius 1 is 0.650 bits per heavy atom. The van der Waals surface area contributed by atoms with Gasteiger partial charge in [0.25, 0.3) is 0 Å². The van der Waals surface area contributed by atoms with E-state index in [4.69, 9.17) is 22.3 Å². The first-order valence-electron chi connectivity index (χ1n) is 6.13. The highest BCUT2D eigenvalue weighted by Gasteiger charge is 1.96. The van der Waals surface area contributed by atoms with Gasteiger partial charge in [-0.1, -0.05) is 60.7 Å². The highest BCUT2D eigenvalue weighted by atomic mass is 14.7. The molecular formula is C16H16N4. The normalized spacial score (nSPS) is 10.6. The van der Waals surface area contributed by atoms with E-state index in [-0.39, 0.29) is 11.7 Å². The average molecular weight is 266 g/mol. The molecule has 0 heterocycles. The molecule has 2 rings (SSSR count). The molecule has 2 aromatic carbocycles. The molecule has 0 amide bonds. The van der Waals surface area contributed by atoms with Crippen molar-refractivity contribution in [3.8, 4) is 0 Å². The summed E-state index contributed by atoms with van der Waals surface area (Å²) in [5, 5.41) is 14.7. The molecule has 0 aliphatic heterocycles. The predicted octanol–water partition coefficient (Wildman–Crippen LogP) is 2.43. The van der Waals surface area contributed by atoms with E-state index in [1.807, 2.05) is 60.7 Å². The minimum atomic E-state index is 0.0698. The summed E-state index contributed by atoms with van der Waals surface area (Å²) in [5.41, 5.74) is 14.3. The predicted molar refractivity (Wildman–Crippen MR) is 83.8 cm³/mol. The Balaban J connectivity index is 2.12. The van der Waals surface area contributed by atoms with Crippen molar-refractivity contribution >= 4 is 23.8 Å². The molecule has 4 nitrogen and oxygen atoms in total. The van der Waals surface area contributed by atoms with Gasteiger partial charge in [0, 0.05) is 11.1 Å². The molecule has 0 atom stereocenters. The molecule has 0 aliphatic rings. The van der Waals surface area contributed by atoms with Crippen LogP contribution in [0.2, 0.25) is 0 Å². The Hall–Kier alpha value is -2.88. The molecular weight excluding hydrogens is 250 g/mol. The van der Waals surface area contributed by atoms with Gasteiger partial charge in [0.05, 0.1) is 0 Å². The van der Waals surface area contributed by atoms with Gasteiger partial charge in [-0.25, -0.2) is 0 Å². The van der Waals surface area contributed by atoms with E-state index in [2.05, 4.69) is 0 Å². The van der Waals surface area contributed by atoms with Crippen molar-refractivity contribution in [2.45, 2.75) is 0 Å². The van der Waals surface area contributed by atoms with E-state index in [1.54, 1.807) is 0 Å². The molecule has 0 saturated carbocycles. The van der Waals surface area contributed by atoms with E-state index in [9.17, 15) is 0 Å². The number of amidine groups is 2. The second-order valence-corrected chi connectivity index (χ2v) is 4.40. The molecule has 0 bridgehead atoms. The van der Waals surface area contributed by atoms with Gasteiger partial charge in [-0.15, -0.1) is 0 Å². The molecule has 0 saturated heterocycles. The fourth-order valence-corrected chi connectivity index (χ4v) is 1.74. The molecule has 0 unspecified atom stereocenters. The van der Waals surface area contributed by atoms with Gasteiger partial charge >= 0.3 is 0 Å². The van der Waals surface area contributed by atoms with Crippen molar-refractivity contribution in [1.29, 1.82) is 10.8 Å². The van der Waals surface area contributed by atoms with Crippen LogP contribution in [0.1, 0.15) is 22.3 Å². The van der Waals surface area contributed by atoms with Crippen molar-refractivity contribution in [3.05, 3.63) is 70.8 Å². The Kier molecular flexibility index (Phi) is 3.96. The molecule has 2 aromatic rings. The van der Waals surface area contributed by atoms with Crippen LogP contribution in [0.15, 0.2) is 48.5 Å². The van der Waals surface area contributed by atoms with E-state index >= 15 is 0 Å². The number of hydrogen-bond acceptors (Lipinski definition) is 2. The SMILES string of the molecule is N=C(N)c1ccc(/[13CH]=[13CH]\c2ccc(C(=N)N)cc2)cc1. The monoisotopic (exact) mass is 266 g/mol. The van der Waals surface area contributed by atoms with E-state index < -0.39 is 0 Å². The summed E-state index contributed by atoms with van der Waals surface area (Å²) in [7, 11) is 0. The first-order valence-corrected chi connectivity index (χ1v) is 6.13. The minimum Gasteiger partial charge on any atom is -0.384 e. The van der Waals surface area contributed by atoms with Crippen molar-refractivity contribution in [1.82, 2.24) is 0 Å². The van der Waals surface area contributed by atoms with Crippen LogP contribution in [0.4, 0.5) is 0 Å². The first kappa shape index (κ1) is 13.5. The largest absolute Gasteiger partial charge is 0.384 e. The summed E-state index contributed by atoms with van der Waals surface area (Å²) in [5.74, 6) is 0.140. The molecule has 100 valence electrons. The van der Waals surface area contributed by atoms with Crippen molar-refractivity contribution in [2.75, 3.05) is 0 Å². The maximum Gasteiger partial charge on any atom is 0.122 e. The zero-order valence-corrected chi connectivity index (χ0v) is 10.9. The average Bonchev–Trinajstić information content (AvgIpc) is 2.46. The quantitative estimate of drug-likeness (QED) is 0.296. The molecule has 0 radical (unpaired) electrons. The number of nitrogen functional groups attached to an aromatic ring is 2.